The fourth-order valence-corrected chi connectivity index (χ4v) is 3.14. The number of nitrogens with zero attached hydrogens (tertiary/aromatic N) is 4. The van der Waals surface area contributed by atoms with E-state index < -0.39 is 0 Å². The van der Waals surface area contributed by atoms with E-state index in [1.54, 1.807) is 0 Å². The molecule has 0 aliphatic carbocycles. The van der Waals surface area contributed by atoms with E-state index >= 15 is 0 Å². The van der Waals surface area contributed by atoms with Gasteiger partial charge in [-0.1, -0.05) is 39.2 Å². The van der Waals surface area contributed by atoms with Crippen LogP contribution in [0.15, 0.2) is 29.4 Å². The molecule has 26 heavy (non-hydrogen) atoms. The summed E-state index contributed by atoms with van der Waals surface area (Å²) in [5.74, 6) is 2.56. The minimum absolute atomic E-state index is 0.691. The van der Waals surface area contributed by atoms with E-state index in [1.807, 2.05) is 28.8 Å². The maximum Gasteiger partial charge on any atom is 0.191 e. The number of aromatic nitrogens is 3. The number of guanidine groups is 1. The van der Waals surface area contributed by atoms with Crippen LogP contribution in [0.4, 0.5) is 0 Å². The number of rotatable bonds is 11. The van der Waals surface area contributed by atoms with Crippen molar-refractivity contribution in [3.05, 3.63) is 30.2 Å². The van der Waals surface area contributed by atoms with E-state index in [0.29, 0.717) is 5.92 Å². The van der Waals surface area contributed by atoms with E-state index in [0.717, 1.165) is 43.5 Å². The number of aliphatic imine (C=N–C) groups is 1. The van der Waals surface area contributed by atoms with Crippen LogP contribution in [-0.2, 0) is 6.42 Å². The molecule has 0 bridgehead atoms. The Morgan fingerprint density at radius 2 is 2.00 bits per heavy atom. The molecule has 0 fully saturated rings. The molecule has 2 aromatic rings. The molecule has 1 unspecified atom stereocenters. The molecule has 0 saturated heterocycles. The van der Waals surface area contributed by atoms with Crippen LogP contribution >= 0.6 is 0 Å². The highest BCUT2D eigenvalue weighted by Gasteiger charge is 2.08. The van der Waals surface area contributed by atoms with Crippen LogP contribution in [0.3, 0.4) is 0 Å². The van der Waals surface area contributed by atoms with Gasteiger partial charge in [0.15, 0.2) is 11.6 Å². The molecule has 6 heteroatoms. The van der Waals surface area contributed by atoms with Gasteiger partial charge in [0.05, 0.1) is 0 Å². The molecule has 0 aliphatic heterocycles. The maximum absolute atomic E-state index is 4.82. The highest BCUT2D eigenvalue weighted by Crippen LogP contribution is 2.15. The van der Waals surface area contributed by atoms with E-state index in [9.17, 15) is 0 Å². The van der Waals surface area contributed by atoms with Gasteiger partial charge in [-0.2, -0.15) is 0 Å². The van der Waals surface area contributed by atoms with E-state index in [2.05, 4.69) is 41.6 Å². The molecule has 0 radical (unpaired) electrons. The van der Waals surface area contributed by atoms with Crippen LogP contribution < -0.4 is 10.6 Å². The first-order chi connectivity index (χ1) is 12.8. The molecule has 2 aromatic heterocycles. The van der Waals surface area contributed by atoms with Crippen molar-refractivity contribution in [2.45, 2.75) is 59.3 Å². The first kappa shape index (κ1) is 20.2. The third-order valence-corrected chi connectivity index (χ3v) is 4.54. The summed E-state index contributed by atoms with van der Waals surface area (Å²) in [6.45, 7) is 9.17. The molecule has 0 amide bonds. The maximum atomic E-state index is 4.82. The van der Waals surface area contributed by atoms with Crippen LogP contribution in [0.25, 0.3) is 5.65 Å². The number of hydrogen-bond donors (Lipinski definition) is 2. The van der Waals surface area contributed by atoms with Crippen molar-refractivity contribution in [2.75, 3.05) is 19.6 Å². The summed E-state index contributed by atoms with van der Waals surface area (Å²) < 4.78 is 2.04. The van der Waals surface area contributed by atoms with Crippen LogP contribution in [0.5, 0.6) is 0 Å². The summed E-state index contributed by atoms with van der Waals surface area (Å²) in [5, 5.41) is 15.3. The van der Waals surface area contributed by atoms with Crippen molar-refractivity contribution in [1.82, 2.24) is 25.2 Å². The molecule has 2 rings (SSSR count). The van der Waals surface area contributed by atoms with Crippen LogP contribution in [0.2, 0.25) is 0 Å². The molecular weight excluding hydrogens is 324 g/mol. The van der Waals surface area contributed by atoms with Crippen molar-refractivity contribution in [3.8, 4) is 0 Å². The summed E-state index contributed by atoms with van der Waals surface area (Å²) in [7, 11) is 0. The fraction of sp³-hybridized carbons (Fsp3) is 0.650. The minimum Gasteiger partial charge on any atom is -0.357 e. The molecule has 0 saturated carbocycles. The van der Waals surface area contributed by atoms with Gasteiger partial charge in [-0.15, -0.1) is 10.2 Å². The molecule has 144 valence electrons. The summed E-state index contributed by atoms with van der Waals surface area (Å²) >= 11 is 0. The van der Waals surface area contributed by atoms with E-state index in [4.69, 9.17) is 4.99 Å². The normalized spacial score (nSPS) is 13.1. The van der Waals surface area contributed by atoms with Gasteiger partial charge in [-0.05, 0) is 37.8 Å². The molecule has 6 nitrogen and oxygen atoms in total. The van der Waals surface area contributed by atoms with E-state index in [1.165, 1.54) is 32.1 Å². The predicted molar refractivity (Wildman–Crippen MR) is 109 cm³/mol. The van der Waals surface area contributed by atoms with Gasteiger partial charge in [0.1, 0.15) is 5.82 Å². The Labute approximate surface area is 157 Å². The molecule has 2 N–H and O–H groups in total. The zero-order valence-corrected chi connectivity index (χ0v) is 16.5. The smallest absolute Gasteiger partial charge is 0.191 e. The molecule has 1 atom stereocenters. The Morgan fingerprint density at radius 3 is 2.77 bits per heavy atom. The van der Waals surface area contributed by atoms with Crippen molar-refractivity contribution >= 4 is 11.6 Å². The van der Waals surface area contributed by atoms with Crippen molar-refractivity contribution < 1.29 is 0 Å². The summed E-state index contributed by atoms with van der Waals surface area (Å²) in [5.41, 5.74) is 0.890. The average molecular weight is 359 g/mol. The zero-order chi connectivity index (χ0) is 18.6. The Morgan fingerprint density at radius 1 is 1.12 bits per heavy atom. The number of unbranched alkanes of at least 4 members (excludes halogenated alkanes) is 1. The Balaban J connectivity index is 1.88. The second-order valence-electron chi connectivity index (χ2n) is 6.74. The Kier molecular flexibility index (Phi) is 8.93. The van der Waals surface area contributed by atoms with Gasteiger partial charge in [0.2, 0.25) is 0 Å². The SMILES string of the molecule is CCCCC(CCC)CN=C(NCC)NCCc1nnc2ccccn12. The van der Waals surface area contributed by atoms with Gasteiger partial charge in [0.25, 0.3) is 0 Å². The summed E-state index contributed by atoms with van der Waals surface area (Å²) in [6, 6.07) is 5.95. The first-order valence-corrected chi connectivity index (χ1v) is 10.1. The van der Waals surface area contributed by atoms with Gasteiger partial charge in [-0.25, -0.2) is 0 Å². The fourth-order valence-electron chi connectivity index (χ4n) is 3.14. The third-order valence-electron chi connectivity index (χ3n) is 4.54. The van der Waals surface area contributed by atoms with Gasteiger partial charge >= 0.3 is 0 Å². The van der Waals surface area contributed by atoms with E-state index in [-0.39, 0.29) is 0 Å². The first-order valence-electron chi connectivity index (χ1n) is 10.1. The summed E-state index contributed by atoms with van der Waals surface area (Å²) in [4.78, 5) is 4.82. The van der Waals surface area contributed by atoms with Gasteiger partial charge < -0.3 is 10.6 Å². The van der Waals surface area contributed by atoms with Gasteiger partial charge in [0, 0.05) is 32.3 Å². The molecule has 2 heterocycles. The Bertz CT molecular complexity index is 663. The third kappa shape index (κ3) is 6.32. The lowest BCUT2D eigenvalue weighted by molar-refractivity contribution is 0.439. The second kappa shape index (κ2) is 11.5. The average Bonchev–Trinajstić information content (AvgIpc) is 3.07. The number of fused-ring (bicyclic) bond motifs is 1. The highest BCUT2D eigenvalue weighted by molar-refractivity contribution is 5.79. The van der Waals surface area contributed by atoms with Crippen LogP contribution in [0, 0.1) is 5.92 Å². The zero-order valence-electron chi connectivity index (χ0n) is 16.5. The monoisotopic (exact) mass is 358 g/mol. The van der Waals surface area contributed by atoms with Crippen molar-refractivity contribution in [1.29, 1.82) is 0 Å². The summed E-state index contributed by atoms with van der Waals surface area (Å²) in [6.07, 6.45) is 9.14. The van der Waals surface area contributed by atoms with Crippen LogP contribution in [0.1, 0.15) is 58.7 Å². The van der Waals surface area contributed by atoms with Gasteiger partial charge in [-0.3, -0.25) is 9.39 Å². The lowest BCUT2D eigenvalue weighted by atomic mass is 9.97. The largest absolute Gasteiger partial charge is 0.357 e. The molecule has 0 aliphatic rings. The topological polar surface area (TPSA) is 66.6 Å². The van der Waals surface area contributed by atoms with Crippen molar-refractivity contribution in [3.63, 3.8) is 0 Å². The lowest BCUT2D eigenvalue weighted by Gasteiger charge is -2.15. The number of nitrogens with one attached hydrogen (secondary N) is 2. The predicted octanol–water partition coefficient (Wildman–Crippen LogP) is 3.43. The Hall–Kier alpha value is -2.11. The minimum atomic E-state index is 0.691. The number of hydrogen-bond acceptors (Lipinski definition) is 3. The second-order valence-corrected chi connectivity index (χ2v) is 6.74. The number of pyridine rings is 1. The standard InChI is InChI=1S/C20H34N6/c1-4-7-11-17(10-5-2)16-23-20(21-6-3)22-14-13-19-25-24-18-12-8-9-15-26(18)19/h8-9,12,15,17H,4-7,10-11,13-14,16H2,1-3H3,(H2,21,22,23). The molecule has 0 aromatic carbocycles. The highest BCUT2D eigenvalue weighted by atomic mass is 15.2. The quantitative estimate of drug-likeness (QED) is 0.477. The molecular formula is C20H34N6. The lowest BCUT2D eigenvalue weighted by Crippen LogP contribution is -2.38. The van der Waals surface area contributed by atoms with Crippen molar-refractivity contribution in [2.24, 2.45) is 10.9 Å². The molecule has 0 spiro atoms. The van der Waals surface area contributed by atoms with Crippen LogP contribution in [-0.4, -0.2) is 40.2 Å².